The minimum absolute atomic E-state index is 0.0351. The quantitative estimate of drug-likeness (QED) is 0.467. The van der Waals surface area contributed by atoms with Crippen molar-refractivity contribution in [2.75, 3.05) is 11.9 Å². The minimum atomic E-state index is -0.279. The molecule has 10 heteroatoms. The third kappa shape index (κ3) is 4.21. The normalized spacial score (nSPS) is 20.2. The first kappa shape index (κ1) is 21.6. The molecule has 4 aromatic rings. The number of H-pyrrole nitrogens is 1. The van der Waals surface area contributed by atoms with E-state index in [9.17, 15) is 9.18 Å². The van der Waals surface area contributed by atoms with Crippen molar-refractivity contribution in [1.82, 2.24) is 35.2 Å². The highest BCUT2D eigenvalue weighted by atomic mass is 19.1. The van der Waals surface area contributed by atoms with Crippen molar-refractivity contribution < 1.29 is 9.18 Å². The smallest absolute Gasteiger partial charge is 0.254 e. The molecule has 35 heavy (non-hydrogen) atoms. The highest BCUT2D eigenvalue weighted by Crippen LogP contribution is 2.31. The lowest BCUT2D eigenvalue weighted by atomic mass is 9.96. The van der Waals surface area contributed by atoms with Crippen molar-refractivity contribution in [3.8, 4) is 0 Å². The monoisotopic (exact) mass is 472 g/mol. The van der Waals surface area contributed by atoms with Gasteiger partial charge in [-0.25, -0.2) is 14.4 Å². The van der Waals surface area contributed by atoms with E-state index in [1.165, 1.54) is 12.1 Å². The fraction of sp³-hybridized carbons (Fsp3) is 0.320. The summed E-state index contributed by atoms with van der Waals surface area (Å²) in [4.78, 5) is 26.7. The number of hydrogen-bond donors (Lipinski definition) is 2. The zero-order valence-corrected chi connectivity index (χ0v) is 19.3. The van der Waals surface area contributed by atoms with Gasteiger partial charge in [-0.15, -0.1) is 0 Å². The first-order valence-corrected chi connectivity index (χ1v) is 11.8. The number of nitrogens with zero attached hydrogens (tertiary/aromatic N) is 6. The fourth-order valence-electron chi connectivity index (χ4n) is 5.08. The molecule has 2 aliphatic rings. The Bertz CT molecular complexity index is 1390. The van der Waals surface area contributed by atoms with Gasteiger partial charge in [0.2, 0.25) is 5.95 Å². The summed E-state index contributed by atoms with van der Waals surface area (Å²) in [5, 5.41) is 13.9. The summed E-state index contributed by atoms with van der Waals surface area (Å²) in [6.07, 6.45) is 3.68. The number of carbonyl (C=O) groups excluding carboxylic acids is 1. The van der Waals surface area contributed by atoms with Gasteiger partial charge in [0.15, 0.2) is 0 Å². The molecule has 0 spiro atoms. The van der Waals surface area contributed by atoms with Crippen LogP contribution in [0.3, 0.4) is 0 Å². The number of nitrogens with one attached hydrogen (secondary N) is 2. The molecule has 2 aromatic heterocycles. The molecule has 2 aliphatic heterocycles. The average molecular weight is 473 g/mol. The number of aromatic nitrogens is 5. The van der Waals surface area contributed by atoms with Gasteiger partial charge in [-0.1, -0.05) is 0 Å². The molecule has 6 rings (SSSR count). The number of rotatable bonds is 4. The lowest BCUT2D eigenvalue weighted by molar-refractivity contribution is 0.0460. The second-order valence-corrected chi connectivity index (χ2v) is 9.26. The summed E-state index contributed by atoms with van der Waals surface area (Å²) in [6, 6.07) is 12.1. The summed E-state index contributed by atoms with van der Waals surface area (Å²) < 4.78 is 13.2. The first-order chi connectivity index (χ1) is 17.0. The Hall–Kier alpha value is -3.92. The minimum Gasteiger partial charge on any atom is -0.336 e. The van der Waals surface area contributed by atoms with Crippen molar-refractivity contribution in [2.45, 2.75) is 44.9 Å². The van der Waals surface area contributed by atoms with Crippen molar-refractivity contribution in [2.24, 2.45) is 0 Å². The van der Waals surface area contributed by atoms with E-state index in [1.807, 2.05) is 23.2 Å². The molecule has 2 aromatic carbocycles. The lowest BCUT2D eigenvalue weighted by Gasteiger charge is -2.41. The third-order valence-electron chi connectivity index (χ3n) is 6.97. The van der Waals surface area contributed by atoms with Crippen LogP contribution in [0.15, 0.2) is 48.7 Å². The topological polar surface area (TPSA) is 103 Å². The third-order valence-corrected chi connectivity index (χ3v) is 6.97. The molecule has 0 unspecified atom stereocenters. The fourth-order valence-corrected chi connectivity index (χ4v) is 5.08. The van der Waals surface area contributed by atoms with E-state index in [0.717, 1.165) is 48.4 Å². The van der Waals surface area contributed by atoms with E-state index in [0.29, 0.717) is 29.6 Å². The number of carbonyl (C=O) groups is 1. The molecule has 0 radical (unpaired) electrons. The van der Waals surface area contributed by atoms with Crippen LogP contribution in [-0.2, 0) is 13.1 Å². The van der Waals surface area contributed by atoms with Gasteiger partial charge in [0, 0.05) is 54.7 Å². The highest BCUT2D eigenvalue weighted by molar-refractivity contribution is 5.97. The van der Waals surface area contributed by atoms with Crippen LogP contribution in [0.4, 0.5) is 16.0 Å². The van der Waals surface area contributed by atoms with Crippen LogP contribution in [0.25, 0.3) is 11.0 Å². The number of benzene rings is 2. The van der Waals surface area contributed by atoms with Gasteiger partial charge in [-0.2, -0.15) is 15.4 Å². The van der Waals surface area contributed by atoms with Gasteiger partial charge >= 0.3 is 0 Å². The number of amides is 1. The van der Waals surface area contributed by atoms with Gasteiger partial charge in [0.25, 0.3) is 5.91 Å². The van der Waals surface area contributed by atoms with Gasteiger partial charge in [0.1, 0.15) is 16.9 Å². The molecule has 1 fully saturated rings. The molecular formula is C25H25FN8O. The highest BCUT2D eigenvalue weighted by Gasteiger charge is 2.35. The Kier molecular flexibility index (Phi) is 5.37. The van der Waals surface area contributed by atoms with Gasteiger partial charge in [-0.05, 0) is 62.2 Å². The number of aromatic amines is 1. The summed E-state index contributed by atoms with van der Waals surface area (Å²) in [5.41, 5.74) is 4.97. The van der Waals surface area contributed by atoms with Crippen LogP contribution in [0.2, 0.25) is 0 Å². The molecule has 0 aliphatic carbocycles. The van der Waals surface area contributed by atoms with Crippen molar-refractivity contribution in [3.63, 3.8) is 0 Å². The molecule has 2 atom stereocenters. The Morgan fingerprint density at radius 3 is 2.77 bits per heavy atom. The van der Waals surface area contributed by atoms with Gasteiger partial charge < -0.3 is 10.2 Å². The Morgan fingerprint density at radius 1 is 1.11 bits per heavy atom. The van der Waals surface area contributed by atoms with Gasteiger partial charge in [0.05, 0.1) is 5.69 Å². The summed E-state index contributed by atoms with van der Waals surface area (Å²) in [7, 11) is 0. The van der Waals surface area contributed by atoms with Crippen molar-refractivity contribution >= 4 is 28.6 Å². The number of halogens is 1. The first-order valence-electron chi connectivity index (χ1n) is 11.8. The molecule has 1 amide bonds. The molecular weight excluding hydrogens is 447 g/mol. The van der Waals surface area contributed by atoms with Crippen molar-refractivity contribution in [3.05, 3.63) is 71.3 Å². The van der Waals surface area contributed by atoms with Crippen molar-refractivity contribution in [1.29, 1.82) is 0 Å². The van der Waals surface area contributed by atoms with Crippen LogP contribution < -0.4 is 5.32 Å². The van der Waals surface area contributed by atoms with E-state index in [2.05, 4.69) is 37.5 Å². The van der Waals surface area contributed by atoms with Crippen LogP contribution in [0.1, 0.15) is 41.4 Å². The largest absolute Gasteiger partial charge is 0.336 e. The number of hydrogen-bond acceptors (Lipinski definition) is 7. The number of anilines is 2. The second kappa shape index (κ2) is 8.70. The summed E-state index contributed by atoms with van der Waals surface area (Å²) in [5.74, 6) is 0.266. The predicted molar refractivity (Wildman–Crippen MR) is 128 cm³/mol. The average Bonchev–Trinajstić information content (AvgIpc) is 3.51. The lowest BCUT2D eigenvalue weighted by Crippen LogP contribution is -2.50. The van der Waals surface area contributed by atoms with Gasteiger partial charge in [-0.3, -0.25) is 9.69 Å². The summed E-state index contributed by atoms with van der Waals surface area (Å²) >= 11 is 0. The van der Waals surface area contributed by atoms with Crippen LogP contribution >= 0.6 is 0 Å². The molecule has 0 saturated carbocycles. The Labute approximate surface area is 201 Å². The maximum absolute atomic E-state index is 13.2. The van der Waals surface area contributed by atoms with E-state index in [-0.39, 0.29) is 17.8 Å². The Morgan fingerprint density at radius 2 is 1.94 bits per heavy atom. The number of likely N-dealkylation sites (tertiary alicyclic amines) is 1. The zero-order valence-electron chi connectivity index (χ0n) is 19.3. The number of piperidine rings is 1. The molecule has 178 valence electrons. The molecule has 9 nitrogen and oxygen atoms in total. The predicted octanol–water partition coefficient (Wildman–Crippen LogP) is 3.64. The maximum Gasteiger partial charge on any atom is 0.254 e. The van der Waals surface area contributed by atoms with Crippen LogP contribution in [0.5, 0.6) is 0 Å². The molecule has 0 bridgehead atoms. The standard InChI is InChI=1S/C25H25FN8O/c1-15-10-20(8-9-34(15)24(35)16-2-7-21-22(11-16)31-32-30-21)33-13-17-12-27-25(29-23(17)14-33)28-19-5-3-18(26)4-6-19/h2-7,11-12,15,20H,8-10,13-14H2,1H3,(H,27,28,29)(H,30,31,32)/t15-,20+/m1/s1. The van der Waals surface area contributed by atoms with E-state index in [4.69, 9.17) is 4.98 Å². The van der Waals surface area contributed by atoms with E-state index in [1.54, 1.807) is 18.2 Å². The summed E-state index contributed by atoms with van der Waals surface area (Å²) in [6.45, 7) is 4.38. The van der Waals surface area contributed by atoms with Crippen LogP contribution in [-0.4, -0.2) is 59.7 Å². The molecule has 2 N–H and O–H groups in total. The zero-order chi connectivity index (χ0) is 23.9. The van der Waals surface area contributed by atoms with E-state index < -0.39 is 0 Å². The second-order valence-electron chi connectivity index (χ2n) is 9.26. The molecule has 4 heterocycles. The maximum atomic E-state index is 13.2. The SMILES string of the molecule is C[C@@H]1C[C@@H](N2Cc3cnc(Nc4ccc(F)cc4)nc3C2)CCN1C(=O)c1ccc2n[nH]nc2c1. The van der Waals surface area contributed by atoms with Crippen LogP contribution in [0, 0.1) is 5.82 Å². The molecule has 1 saturated heterocycles. The Balaban J connectivity index is 1.10. The number of fused-ring (bicyclic) bond motifs is 2. The van der Waals surface area contributed by atoms with E-state index >= 15 is 0 Å².